The Morgan fingerprint density at radius 1 is 0.556 bits per heavy atom. The van der Waals surface area contributed by atoms with E-state index in [0.29, 0.717) is 125 Å². The number of hydrogen-bond donors (Lipinski definition) is 1. The minimum Gasteiger partial charge on any atom is -0.460 e. The fourth-order valence-electron chi connectivity index (χ4n) is 3.42. The lowest BCUT2D eigenvalue weighted by atomic mass is 10.5. The second kappa shape index (κ2) is 33.7. The number of esters is 1. The van der Waals surface area contributed by atoms with Crippen LogP contribution in [0.3, 0.4) is 0 Å². The van der Waals surface area contributed by atoms with Gasteiger partial charge < -0.3 is 61.2 Å². The molecule has 0 aromatic carbocycles. The molecular weight excluding hydrogens is 614 g/mol. The van der Waals surface area contributed by atoms with Gasteiger partial charge in [-0.05, 0) is 27.2 Å². The molecule has 0 rings (SSSR count). The molecule has 0 heterocycles. The van der Waals surface area contributed by atoms with Crippen LogP contribution in [-0.4, -0.2) is 153 Å². The SMILES string of the molecule is C=CC(=O)OCCOCCOCCOCCOCCOCCOCCOCCOC(=O)NCCC[Si](OCC)(OCC)OCC. The van der Waals surface area contributed by atoms with Crippen molar-refractivity contribution < 1.29 is 65.5 Å². The first-order valence-corrected chi connectivity index (χ1v) is 17.6. The van der Waals surface area contributed by atoms with Crippen LogP contribution in [0.15, 0.2) is 12.7 Å². The van der Waals surface area contributed by atoms with E-state index in [1.807, 2.05) is 20.8 Å². The number of carbonyl (C=O) groups is 2. The fourth-order valence-corrected chi connectivity index (χ4v) is 6.03. The Labute approximate surface area is 269 Å². The second-order valence-electron chi connectivity index (χ2n) is 8.81. The Balaban J connectivity index is 3.35. The molecule has 0 unspecified atom stereocenters. The summed E-state index contributed by atoms with van der Waals surface area (Å²) in [6, 6.07) is 0.623. The normalized spacial score (nSPS) is 11.4. The van der Waals surface area contributed by atoms with Gasteiger partial charge in [-0.25, -0.2) is 9.59 Å². The first-order valence-electron chi connectivity index (χ1n) is 15.7. The van der Waals surface area contributed by atoms with E-state index in [4.69, 9.17) is 55.9 Å². The number of rotatable bonds is 35. The highest BCUT2D eigenvalue weighted by atomic mass is 28.4. The minimum absolute atomic E-state index is 0.151. The van der Waals surface area contributed by atoms with E-state index in [9.17, 15) is 9.59 Å². The molecule has 0 aromatic rings. The molecule has 15 nitrogen and oxygen atoms in total. The van der Waals surface area contributed by atoms with Crippen molar-refractivity contribution in [2.24, 2.45) is 0 Å². The lowest BCUT2D eigenvalue weighted by molar-refractivity contribution is -0.139. The molecule has 1 amide bonds. The molecule has 0 saturated carbocycles. The van der Waals surface area contributed by atoms with Gasteiger partial charge in [-0.15, -0.1) is 0 Å². The van der Waals surface area contributed by atoms with Crippen LogP contribution in [0.4, 0.5) is 4.79 Å². The largest absolute Gasteiger partial charge is 0.500 e. The molecule has 0 atom stereocenters. The van der Waals surface area contributed by atoms with E-state index in [2.05, 4.69) is 11.9 Å². The first kappa shape index (κ1) is 43.3. The van der Waals surface area contributed by atoms with E-state index in [1.165, 1.54) is 0 Å². The molecule has 16 heteroatoms. The van der Waals surface area contributed by atoms with Gasteiger partial charge in [0.2, 0.25) is 0 Å². The topological polar surface area (TPSA) is 157 Å². The summed E-state index contributed by atoms with van der Waals surface area (Å²) in [6.07, 6.45) is 1.28. The quantitative estimate of drug-likeness (QED) is 0.0452. The van der Waals surface area contributed by atoms with Crippen molar-refractivity contribution in [2.45, 2.75) is 33.2 Å². The second-order valence-corrected chi connectivity index (χ2v) is 11.5. The number of carbonyl (C=O) groups excluding carboxylic acids is 2. The zero-order chi connectivity index (χ0) is 33.1. The Morgan fingerprint density at radius 2 is 0.889 bits per heavy atom. The Bertz CT molecular complexity index is 674. The molecule has 0 aliphatic heterocycles. The first-order chi connectivity index (χ1) is 22.0. The van der Waals surface area contributed by atoms with Crippen LogP contribution in [0.5, 0.6) is 0 Å². The van der Waals surface area contributed by atoms with Crippen molar-refractivity contribution in [2.75, 3.05) is 132 Å². The predicted molar refractivity (Wildman–Crippen MR) is 166 cm³/mol. The van der Waals surface area contributed by atoms with Gasteiger partial charge in [0.25, 0.3) is 0 Å². The number of ether oxygens (including phenoxy) is 9. The molecule has 45 heavy (non-hydrogen) atoms. The van der Waals surface area contributed by atoms with E-state index in [-0.39, 0.29) is 19.8 Å². The lowest BCUT2D eigenvalue weighted by Crippen LogP contribution is -2.46. The summed E-state index contributed by atoms with van der Waals surface area (Å²) in [4.78, 5) is 22.7. The Kier molecular flexibility index (Phi) is 32.4. The maximum atomic E-state index is 11.8. The highest BCUT2D eigenvalue weighted by Crippen LogP contribution is 2.17. The van der Waals surface area contributed by atoms with Gasteiger partial charge in [0.15, 0.2) is 0 Å². The fraction of sp³-hybridized carbons (Fsp3) is 0.862. The lowest BCUT2D eigenvalue weighted by Gasteiger charge is -2.28. The van der Waals surface area contributed by atoms with Crippen LogP contribution >= 0.6 is 0 Å². The molecule has 0 bridgehead atoms. The van der Waals surface area contributed by atoms with Gasteiger partial charge in [-0.2, -0.15) is 0 Å². The molecule has 0 aliphatic carbocycles. The van der Waals surface area contributed by atoms with Crippen LogP contribution in [0.25, 0.3) is 0 Å². The molecule has 1 N–H and O–H groups in total. The van der Waals surface area contributed by atoms with Crippen LogP contribution < -0.4 is 5.32 Å². The summed E-state index contributed by atoms with van der Waals surface area (Å²) in [6.45, 7) is 17.3. The van der Waals surface area contributed by atoms with Crippen molar-refractivity contribution >= 4 is 20.9 Å². The third kappa shape index (κ3) is 29.4. The summed E-state index contributed by atoms with van der Waals surface area (Å²) < 4.78 is 65.1. The zero-order valence-corrected chi connectivity index (χ0v) is 28.6. The van der Waals surface area contributed by atoms with Crippen LogP contribution in [-0.2, 0) is 60.7 Å². The van der Waals surface area contributed by atoms with Gasteiger partial charge in [0, 0.05) is 38.5 Å². The van der Waals surface area contributed by atoms with Crippen molar-refractivity contribution in [3.63, 3.8) is 0 Å². The monoisotopic (exact) mass is 671 g/mol. The van der Waals surface area contributed by atoms with Crippen LogP contribution in [0.1, 0.15) is 27.2 Å². The van der Waals surface area contributed by atoms with Crippen molar-refractivity contribution in [3.8, 4) is 0 Å². The van der Waals surface area contributed by atoms with Crippen molar-refractivity contribution in [1.29, 1.82) is 0 Å². The molecule has 0 saturated heterocycles. The standard InChI is InChI=1S/C29H57NO14Si/c1-5-28(31)40-25-23-38-21-19-36-17-15-34-13-11-33-12-14-35-16-18-37-20-22-39-24-26-41-29(32)30-10-9-27-45(42-6-2,43-7-3)44-8-4/h5H,1,6-27H2,2-4H3,(H,30,32). The van der Waals surface area contributed by atoms with Gasteiger partial charge in [0.1, 0.15) is 13.2 Å². The van der Waals surface area contributed by atoms with E-state index < -0.39 is 20.9 Å². The number of amides is 1. The maximum absolute atomic E-state index is 11.8. The average molecular weight is 672 g/mol. The molecule has 0 aliphatic rings. The van der Waals surface area contributed by atoms with E-state index in [1.54, 1.807) is 0 Å². The Hall–Kier alpha value is -1.70. The van der Waals surface area contributed by atoms with Crippen LogP contribution in [0, 0.1) is 0 Å². The Morgan fingerprint density at radius 3 is 1.22 bits per heavy atom. The zero-order valence-electron chi connectivity index (χ0n) is 27.6. The number of nitrogens with one attached hydrogen (secondary N) is 1. The molecular formula is C29H57NO14Si. The summed E-state index contributed by atoms with van der Waals surface area (Å²) in [5, 5.41) is 2.72. The number of hydrogen-bond acceptors (Lipinski definition) is 14. The molecule has 266 valence electrons. The average Bonchev–Trinajstić information content (AvgIpc) is 3.03. The number of alkyl carbamates (subject to hydrolysis) is 1. The smallest absolute Gasteiger partial charge is 0.460 e. The summed E-state index contributed by atoms with van der Waals surface area (Å²) in [5.41, 5.74) is 0. The minimum atomic E-state index is -2.70. The maximum Gasteiger partial charge on any atom is 0.500 e. The summed E-state index contributed by atoms with van der Waals surface area (Å²) in [7, 11) is -2.70. The summed E-state index contributed by atoms with van der Waals surface area (Å²) >= 11 is 0. The highest BCUT2D eigenvalue weighted by molar-refractivity contribution is 6.60. The van der Waals surface area contributed by atoms with Gasteiger partial charge in [0.05, 0.1) is 92.5 Å². The van der Waals surface area contributed by atoms with Gasteiger partial charge >= 0.3 is 20.9 Å². The third-order valence-electron chi connectivity index (χ3n) is 5.35. The van der Waals surface area contributed by atoms with Crippen molar-refractivity contribution in [1.82, 2.24) is 5.32 Å². The van der Waals surface area contributed by atoms with Crippen LogP contribution in [0.2, 0.25) is 6.04 Å². The molecule has 0 radical (unpaired) electrons. The van der Waals surface area contributed by atoms with Gasteiger partial charge in [-0.1, -0.05) is 6.58 Å². The van der Waals surface area contributed by atoms with Gasteiger partial charge in [-0.3, -0.25) is 0 Å². The molecule has 0 fully saturated rings. The molecule has 0 spiro atoms. The van der Waals surface area contributed by atoms with Crippen molar-refractivity contribution in [3.05, 3.63) is 12.7 Å². The third-order valence-corrected chi connectivity index (χ3v) is 8.50. The van der Waals surface area contributed by atoms with E-state index >= 15 is 0 Å². The van der Waals surface area contributed by atoms with E-state index in [0.717, 1.165) is 6.08 Å². The highest BCUT2D eigenvalue weighted by Gasteiger charge is 2.39. The molecule has 0 aromatic heterocycles. The summed E-state index contributed by atoms with van der Waals surface area (Å²) in [5.74, 6) is -0.465. The predicted octanol–water partition coefficient (Wildman–Crippen LogP) is 2.00.